The Labute approximate surface area is 194 Å². The molecule has 1 N–H and O–H groups in total. The highest BCUT2D eigenvalue weighted by atomic mass is 19.1. The molecule has 174 valence electrons. The first-order valence-corrected chi connectivity index (χ1v) is 10.6. The summed E-state index contributed by atoms with van der Waals surface area (Å²) in [5.74, 6) is -2.46. The fourth-order valence-corrected chi connectivity index (χ4v) is 3.87. The van der Waals surface area contributed by atoms with E-state index < -0.39 is 34.5 Å². The highest BCUT2D eigenvalue weighted by molar-refractivity contribution is 6.04. The quantitative estimate of drug-likeness (QED) is 0.303. The number of carbonyl (C=O) groups excluding carboxylic acids is 2. The van der Waals surface area contributed by atoms with Crippen LogP contribution in [-0.4, -0.2) is 29.4 Å². The van der Waals surface area contributed by atoms with Crippen molar-refractivity contribution in [2.45, 2.75) is 19.4 Å². The van der Waals surface area contributed by atoms with Gasteiger partial charge < -0.3 is 14.8 Å². The number of esters is 1. The number of hydrogen-bond acceptors (Lipinski definition) is 7. The van der Waals surface area contributed by atoms with Crippen LogP contribution in [0.5, 0.6) is 5.75 Å². The van der Waals surface area contributed by atoms with Crippen molar-refractivity contribution in [1.29, 1.82) is 0 Å². The number of ether oxygens (including phenoxy) is 2. The van der Waals surface area contributed by atoms with Gasteiger partial charge in [-0.25, -0.2) is 9.18 Å². The molecule has 3 aromatic rings. The zero-order valence-corrected chi connectivity index (χ0v) is 18.2. The van der Waals surface area contributed by atoms with Crippen molar-refractivity contribution in [2.24, 2.45) is 5.92 Å². The molecule has 0 radical (unpaired) electrons. The Hall–Kier alpha value is -4.27. The molecule has 34 heavy (non-hydrogen) atoms. The van der Waals surface area contributed by atoms with Crippen molar-refractivity contribution in [3.05, 3.63) is 93.8 Å². The van der Waals surface area contributed by atoms with E-state index in [0.717, 1.165) is 12.1 Å². The molecule has 8 nitrogen and oxygen atoms in total. The fourth-order valence-electron chi connectivity index (χ4n) is 3.87. The first kappa shape index (κ1) is 22.9. The third-order valence-corrected chi connectivity index (χ3v) is 5.50. The number of nitrogens with one attached hydrogen (secondary N) is 1. The minimum atomic E-state index is -1.18. The number of nitro groups is 1. The van der Waals surface area contributed by atoms with Gasteiger partial charge in [-0.1, -0.05) is 18.2 Å². The van der Waals surface area contributed by atoms with E-state index in [1.807, 2.05) is 0 Å². The Kier molecular flexibility index (Phi) is 6.53. The van der Waals surface area contributed by atoms with Crippen LogP contribution >= 0.6 is 0 Å². The van der Waals surface area contributed by atoms with Crippen molar-refractivity contribution in [1.82, 2.24) is 0 Å². The van der Waals surface area contributed by atoms with E-state index in [0.29, 0.717) is 16.9 Å². The van der Waals surface area contributed by atoms with Crippen LogP contribution in [-0.2, 0) is 16.0 Å². The minimum Gasteiger partial charge on any atom is -0.477 e. The van der Waals surface area contributed by atoms with Gasteiger partial charge in [0.25, 0.3) is 5.69 Å². The third kappa shape index (κ3) is 4.73. The summed E-state index contributed by atoms with van der Waals surface area (Å²) in [6.07, 6.45) is -1.06. The molecule has 0 spiro atoms. The lowest BCUT2D eigenvalue weighted by molar-refractivity contribution is -0.384. The van der Waals surface area contributed by atoms with Gasteiger partial charge in [0.05, 0.1) is 23.0 Å². The number of rotatable bonds is 7. The maximum Gasteiger partial charge on any atom is 0.348 e. The molecule has 1 heterocycles. The number of nitro benzene ring substituents is 1. The lowest BCUT2D eigenvalue weighted by Crippen LogP contribution is -2.45. The van der Waals surface area contributed by atoms with Gasteiger partial charge >= 0.3 is 5.97 Å². The lowest BCUT2D eigenvalue weighted by Gasteiger charge is -2.31. The monoisotopic (exact) mass is 464 g/mol. The van der Waals surface area contributed by atoms with Crippen molar-refractivity contribution >= 4 is 28.8 Å². The summed E-state index contributed by atoms with van der Waals surface area (Å²) in [5, 5.41) is 14.1. The first-order valence-electron chi connectivity index (χ1n) is 10.6. The van der Waals surface area contributed by atoms with Crippen molar-refractivity contribution in [3.63, 3.8) is 0 Å². The fraction of sp³-hybridized carbons (Fsp3) is 0.200. The number of Topliss-reactive ketones (excluding diaryl/α,β-unsaturated/α-hetero) is 1. The Balaban J connectivity index is 1.65. The number of para-hydroxylation sites is 1. The number of carbonyl (C=O) groups is 2. The van der Waals surface area contributed by atoms with Gasteiger partial charge in [0.15, 0.2) is 5.78 Å². The van der Waals surface area contributed by atoms with E-state index in [4.69, 9.17) is 9.47 Å². The third-order valence-electron chi connectivity index (χ3n) is 5.50. The van der Waals surface area contributed by atoms with E-state index in [1.54, 1.807) is 43.3 Å². The number of non-ortho nitro benzene ring substituents is 1. The molecule has 2 unspecified atom stereocenters. The predicted molar refractivity (Wildman–Crippen MR) is 122 cm³/mol. The summed E-state index contributed by atoms with van der Waals surface area (Å²) in [7, 11) is 0. The number of nitrogens with zero attached hydrogens (tertiary/aromatic N) is 1. The summed E-state index contributed by atoms with van der Waals surface area (Å²) >= 11 is 0. The molecule has 2 atom stereocenters. The molecule has 1 aliphatic rings. The Morgan fingerprint density at radius 2 is 1.88 bits per heavy atom. The van der Waals surface area contributed by atoms with Gasteiger partial charge in [-0.2, -0.15) is 0 Å². The van der Waals surface area contributed by atoms with Gasteiger partial charge in [0.1, 0.15) is 11.6 Å². The summed E-state index contributed by atoms with van der Waals surface area (Å²) in [6, 6.07) is 16.7. The molecule has 4 rings (SSSR count). The molecule has 1 aliphatic heterocycles. The summed E-state index contributed by atoms with van der Waals surface area (Å²) in [6.45, 7) is 1.78. The van der Waals surface area contributed by atoms with Gasteiger partial charge in [0.2, 0.25) is 6.10 Å². The maximum absolute atomic E-state index is 13.8. The van der Waals surface area contributed by atoms with E-state index in [1.165, 1.54) is 18.2 Å². The highest BCUT2D eigenvalue weighted by Gasteiger charge is 2.42. The number of benzene rings is 3. The Morgan fingerprint density at radius 1 is 1.15 bits per heavy atom. The van der Waals surface area contributed by atoms with Crippen LogP contribution in [0.3, 0.4) is 0 Å². The topological polar surface area (TPSA) is 108 Å². The Morgan fingerprint density at radius 3 is 2.59 bits per heavy atom. The zero-order valence-electron chi connectivity index (χ0n) is 18.2. The minimum absolute atomic E-state index is 0.0352. The molecular weight excluding hydrogens is 443 g/mol. The van der Waals surface area contributed by atoms with Crippen molar-refractivity contribution in [2.75, 3.05) is 11.9 Å². The predicted octanol–water partition coefficient (Wildman–Crippen LogP) is 4.84. The SMILES string of the molecule is CCOC(=O)C1Oc2ccc(F)cc2C(=O)C1Cc1ccccc1Nc1ccc([N+](=O)[O-])cc1. The van der Waals surface area contributed by atoms with Crippen LogP contribution < -0.4 is 10.1 Å². The van der Waals surface area contributed by atoms with Gasteiger partial charge in [0, 0.05) is 23.5 Å². The smallest absolute Gasteiger partial charge is 0.348 e. The van der Waals surface area contributed by atoms with Crippen LogP contribution in [0.25, 0.3) is 0 Å². The van der Waals surface area contributed by atoms with Gasteiger partial charge in [-0.05, 0) is 55.3 Å². The summed E-state index contributed by atoms with van der Waals surface area (Å²) in [5.41, 5.74) is 2.01. The molecule has 0 saturated carbocycles. The second-order valence-corrected chi connectivity index (χ2v) is 7.69. The van der Waals surface area contributed by atoms with E-state index in [2.05, 4.69) is 5.32 Å². The molecular formula is C25H21FN2O6. The van der Waals surface area contributed by atoms with Gasteiger partial charge in [-0.3, -0.25) is 14.9 Å². The van der Waals surface area contributed by atoms with E-state index in [-0.39, 0.29) is 30.0 Å². The molecule has 0 saturated heterocycles. The molecule has 0 aromatic heterocycles. The zero-order chi connectivity index (χ0) is 24.2. The first-order chi connectivity index (χ1) is 16.4. The second kappa shape index (κ2) is 9.70. The van der Waals surface area contributed by atoms with Crippen molar-refractivity contribution < 1.29 is 28.4 Å². The average Bonchev–Trinajstić information content (AvgIpc) is 2.82. The second-order valence-electron chi connectivity index (χ2n) is 7.69. The largest absolute Gasteiger partial charge is 0.477 e. The van der Waals surface area contributed by atoms with E-state index >= 15 is 0 Å². The van der Waals surface area contributed by atoms with Crippen LogP contribution in [0, 0.1) is 21.8 Å². The van der Waals surface area contributed by atoms with Crippen LogP contribution in [0.4, 0.5) is 21.5 Å². The Bertz CT molecular complexity index is 1240. The number of anilines is 2. The lowest BCUT2D eigenvalue weighted by atomic mass is 9.84. The molecule has 9 heteroatoms. The number of halogens is 1. The highest BCUT2D eigenvalue weighted by Crippen LogP contribution is 2.35. The van der Waals surface area contributed by atoms with Crippen LogP contribution in [0.1, 0.15) is 22.8 Å². The average molecular weight is 464 g/mol. The van der Waals surface area contributed by atoms with Crippen molar-refractivity contribution in [3.8, 4) is 5.75 Å². The summed E-state index contributed by atoms with van der Waals surface area (Å²) < 4.78 is 24.8. The number of hydrogen-bond donors (Lipinski definition) is 1. The summed E-state index contributed by atoms with van der Waals surface area (Å²) in [4.78, 5) is 36.4. The molecule has 0 fully saturated rings. The molecule has 0 bridgehead atoms. The normalized spacial score (nSPS) is 16.8. The molecule has 0 amide bonds. The molecule has 0 aliphatic carbocycles. The van der Waals surface area contributed by atoms with Gasteiger partial charge in [-0.15, -0.1) is 0 Å². The van der Waals surface area contributed by atoms with E-state index in [9.17, 15) is 24.1 Å². The standard InChI is InChI=1S/C25H21FN2O6/c1-2-33-25(30)24-20(23(29)19-14-16(26)7-12-22(19)34-24)13-15-5-3-4-6-21(15)27-17-8-10-18(11-9-17)28(31)32/h3-12,14,20,24,27H,2,13H2,1H3. The number of fused-ring (bicyclic) bond motifs is 1. The maximum atomic E-state index is 13.8. The van der Waals surface area contributed by atoms with Crippen LogP contribution in [0.15, 0.2) is 66.7 Å². The number of ketones is 1. The molecule has 3 aromatic carbocycles. The van der Waals surface area contributed by atoms with Crippen LogP contribution in [0.2, 0.25) is 0 Å².